The SMILES string of the molecule is COCCN(C[C@H]1CN(Cc2cccc(C)c2)C[C@H]1c1ccccc1OC)C(=O)COC. The lowest BCUT2D eigenvalue weighted by atomic mass is 9.88. The fourth-order valence-corrected chi connectivity index (χ4v) is 4.69. The molecule has 0 spiro atoms. The number of aryl methyl sites for hydroxylation is 1. The van der Waals surface area contributed by atoms with Gasteiger partial charge in [0.05, 0.1) is 13.7 Å². The number of benzene rings is 2. The van der Waals surface area contributed by atoms with Crippen LogP contribution in [0, 0.1) is 12.8 Å². The van der Waals surface area contributed by atoms with Gasteiger partial charge in [-0.1, -0.05) is 48.0 Å². The summed E-state index contributed by atoms with van der Waals surface area (Å²) in [6.45, 7) is 6.69. The topological polar surface area (TPSA) is 51.2 Å². The zero-order valence-corrected chi connectivity index (χ0v) is 19.8. The Labute approximate surface area is 192 Å². The highest BCUT2D eigenvalue weighted by Crippen LogP contribution is 2.38. The van der Waals surface area contributed by atoms with E-state index in [2.05, 4.69) is 48.2 Å². The largest absolute Gasteiger partial charge is 0.496 e. The smallest absolute Gasteiger partial charge is 0.248 e. The number of nitrogens with zero attached hydrogens (tertiary/aromatic N) is 2. The van der Waals surface area contributed by atoms with Gasteiger partial charge in [-0.15, -0.1) is 0 Å². The van der Waals surface area contributed by atoms with Crippen LogP contribution in [-0.4, -0.2) is 76.4 Å². The highest BCUT2D eigenvalue weighted by atomic mass is 16.5. The summed E-state index contributed by atoms with van der Waals surface area (Å²) in [6.07, 6.45) is 0. The molecule has 1 aliphatic heterocycles. The van der Waals surface area contributed by atoms with Crippen molar-refractivity contribution >= 4 is 5.91 Å². The molecule has 0 saturated carbocycles. The summed E-state index contributed by atoms with van der Waals surface area (Å²) >= 11 is 0. The third-order valence-corrected chi connectivity index (χ3v) is 6.18. The van der Waals surface area contributed by atoms with Crippen LogP contribution in [0.5, 0.6) is 5.75 Å². The van der Waals surface area contributed by atoms with Crippen molar-refractivity contribution < 1.29 is 19.0 Å². The third kappa shape index (κ3) is 6.31. The number of ether oxygens (including phenoxy) is 3. The van der Waals surface area contributed by atoms with Crippen molar-refractivity contribution in [1.82, 2.24) is 9.80 Å². The Hall–Kier alpha value is -2.41. The Morgan fingerprint density at radius 3 is 2.59 bits per heavy atom. The summed E-state index contributed by atoms with van der Waals surface area (Å²) in [5, 5.41) is 0. The molecule has 1 fully saturated rings. The van der Waals surface area contributed by atoms with E-state index in [0.29, 0.717) is 19.7 Å². The number of carbonyl (C=O) groups excluding carboxylic acids is 1. The van der Waals surface area contributed by atoms with Crippen LogP contribution in [0.1, 0.15) is 22.6 Å². The molecule has 0 aliphatic carbocycles. The molecule has 0 unspecified atom stereocenters. The van der Waals surface area contributed by atoms with Crippen molar-refractivity contribution in [3.8, 4) is 5.75 Å². The predicted molar refractivity (Wildman–Crippen MR) is 126 cm³/mol. The van der Waals surface area contributed by atoms with Crippen LogP contribution >= 0.6 is 0 Å². The van der Waals surface area contributed by atoms with Gasteiger partial charge in [0, 0.05) is 52.9 Å². The Balaban J connectivity index is 1.84. The minimum Gasteiger partial charge on any atom is -0.496 e. The number of rotatable bonds is 11. The molecule has 0 aromatic heterocycles. The average molecular weight is 441 g/mol. The van der Waals surface area contributed by atoms with Gasteiger partial charge in [-0.3, -0.25) is 9.69 Å². The van der Waals surface area contributed by atoms with Crippen molar-refractivity contribution in [2.24, 2.45) is 5.92 Å². The molecule has 2 aromatic carbocycles. The van der Waals surface area contributed by atoms with Crippen molar-refractivity contribution in [2.75, 3.05) is 60.7 Å². The molecule has 6 nitrogen and oxygen atoms in total. The second-order valence-corrected chi connectivity index (χ2v) is 8.56. The molecule has 2 aromatic rings. The van der Waals surface area contributed by atoms with E-state index in [1.54, 1.807) is 21.3 Å². The second kappa shape index (κ2) is 12.0. The average Bonchev–Trinajstić information content (AvgIpc) is 3.18. The molecular weight excluding hydrogens is 404 g/mol. The number of likely N-dealkylation sites (tertiary alicyclic amines) is 1. The van der Waals surface area contributed by atoms with Crippen LogP contribution < -0.4 is 4.74 Å². The van der Waals surface area contributed by atoms with Crippen molar-refractivity contribution in [1.29, 1.82) is 0 Å². The Kier molecular flexibility index (Phi) is 9.09. The monoisotopic (exact) mass is 440 g/mol. The quantitative estimate of drug-likeness (QED) is 0.536. The van der Waals surface area contributed by atoms with E-state index in [1.807, 2.05) is 17.0 Å². The summed E-state index contributed by atoms with van der Waals surface area (Å²) in [6, 6.07) is 16.9. The lowest BCUT2D eigenvalue weighted by molar-refractivity contribution is -0.136. The lowest BCUT2D eigenvalue weighted by Crippen LogP contribution is -2.41. The fraction of sp³-hybridized carbons (Fsp3) is 0.500. The first kappa shape index (κ1) is 24.2. The zero-order valence-electron chi connectivity index (χ0n) is 19.8. The molecule has 1 saturated heterocycles. The molecular formula is C26H36N2O4. The summed E-state index contributed by atoms with van der Waals surface area (Å²) in [4.78, 5) is 17.1. The summed E-state index contributed by atoms with van der Waals surface area (Å²) < 4.78 is 16.1. The maximum Gasteiger partial charge on any atom is 0.248 e. The predicted octanol–water partition coefficient (Wildman–Crippen LogP) is 3.34. The maximum absolute atomic E-state index is 12.7. The lowest BCUT2D eigenvalue weighted by Gasteiger charge is -2.29. The van der Waals surface area contributed by atoms with E-state index >= 15 is 0 Å². The third-order valence-electron chi connectivity index (χ3n) is 6.18. The van der Waals surface area contributed by atoms with Gasteiger partial charge < -0.3 is 19.1 Å². The first-order valence-electron chi connectivity index (χ1n) is 11.2. The highest BCUT2D eigenvalue weighted by Gasteiger charge is 2.37. The van der Waals surface area contributed by atoms with Crippen molar-refractivity contribution in [3.05, 3.63) is 65.2 Å². The molecule has 1 aliphatic rings. The molecule has 0 radical (unpaired) electrons. The van der Waals surface area contributed by atoms with Gasteiger partial charge in [0.1, 0.15) is 12.4 Å². The van der Waals surface area contributed by atoms with Gasteiger partial charge in [-0.2, -0.15) is 0 Å². The Morgan fingerprint density at radius 1 is 1.06 bits per heavy atom. The van der Waals surface area contributed by atoms with Crippen LogP contribution in [0.15, 0.2) is 48.5 Å². The van der Waals surface area contributed by atoms with Crippen LogP contribution in [-0.2, 0) is 20.8 Å². The standard InChI is InChI=1S/C26H36N2O4/c1-20-8-7-9-21(14-20)15-27-16-22(17-28(12-13-30-2)26(29)19-31-3)24(18-27)23-10-5-6-11-25(23)32-4/h5-11,14,22,24H,12-13,15-19H2,1-4H3/t22-,24-/m1/s1. The van der Waals surface area contributed by atoms with E-state index < -0.39 is 0 Å². The molecule has 3 rings (SSSR count). The number of para-hydroxylation sites is 1. The molecule has 1 amide bonds. The number of hydrogen-bond donors (Lipinski definition) is 0. The van der Waals surface area contributed by atoms with Gasteiger partial charge in [-0.05, 0) is 30.0 Å². The number of amides is 1. The Bertz CT molecular complexity index is 872. The number of hydrogen-bond acceptors (Lipinski definition) is 5. The van der Waals surface area contributed by atoms with E-state index in [-0.39, 0.29) is 24.3 Å². The van der Waals surface area contributed by atoms with Crippen molar-refractivity contribution in [2.45, 2.75) is 19.4 Å². The van der Waals surface area contributed by atoms with Gasteiger partial charge in [0.25, 0.3) is 0 Å². The fourth-order valence-electron chi connectivity index (χ4n) is 4.69. The van der Waals surface area contributed by atoms with Crippen LogP contribution in [0.4, 0.5) is 0 Å². The molecule has 1 heterocycles. The maximum atomic E-state index is 12.7. The van der Waals surface area contributed by atoms with Crippen LogP contribution in [0.2, 0.25) is 0 Å². The summed E-state index contributed by atoms with van der Waals surface area (Å²) in [7, 11) is 4.94. The minimum absolute atomic E-state index is 0.000427. The molecule has 0 N–H and O–H groups in total. The summed E-state index contributed by atoms with van der Waals surface area (Å²) in [5.74, 6) is 1.47. The molecule has 174 valence electrons. The highest BCUT2D eigenvalue weighted by molar-refractivity contribution is 5.77. The van der Waals surface area contributed by atoms with Crippen LogP contribution in [0.3, 0.4) is 0 Å². The summed E-state index contributed by atoms with van der Waals surface area (Å²) in [5.41, 5.74) is 3.80. The van der Waals surface area contributed by atoms with Crippen molar-refractivity contribution in [3.63, 3.8) is 0 Å². The molecule has 2 atom stereocenters. The Morgan fingerprint density at radius 2 is 1.88 bits per heavy atom. The van der Waals surface area contributed by atoms with Crippen LogP contribution in [0.25, 0.3) is 0 Å². The second-order valence-electron chi connectivity index (χ2n) is 8.56. The minimum atomic E-state index is 0.000427. The molecule has 0 bridgehead atoms. The number of carbonyl (C=O) groups is 1. The first-order chi connectivity index (χ1) is 15.5. The normalized spacial score (nSPS) is 18.6. The van der Waals surface area contributed by atoms with Gasteiger partial charge in [0.2, 0.25) is 5.91 Å². The van der Waals surface area contributed by atoms with Gasteiger partial charge in [0.15, 0.2) is 0 Å². The number of methoxy groups -OCH3 is 3. The first-order valence-corrected chi connectivity index (χ1v) is 11.2. The van der Waals surface area contributed by atoms with E-state index in [4.69, 9.17) is 14.2 Å². The molecule has 32 heavy (non-hydrogen) atoms. The van der Waals surface area contributed by atoms with Gasteiger partial charge >= 0.3 is 0 Å². The van der Waals surface area contributed by atoms with E-state index in [0.717, 1.165) is 25.4 Å². The zero-order chi connectivity index (χ0) is 22.9. The van der Waals surface area contributed by atoms with E-state index in [1.165, 1.54) is 16.7 Å². The van der Waals surface area contributed by atoms with Gasteiger partial charge in [-0.25, -0.2) is 0 Å². The molecule has 6 heteroatoms. The van der Waals surface area contributed by atoms with E-state index in [9.17, 15) is 4.79 Å².